The van der Waals surface area contributed by atoms with Crippen LogP contribution < -0.4 is 10.3 Å². The molecule has 33 heavy (non-hydrogen) atoms. The lowest BCUT2D eigenvalue weighted by atomic mass is 10.00. The Hall–Kier alpha value is -3.68. The van der Waals surface area contributed by atoms with E-state index in [1.165, 1.54) is 19.3 Å². The zero-order valence-electron chi connectivity index (χ0n) is 19.3. The van der Waals surface area contributed by atoms with Crippen LogP contribution in [0.4, 0.5) is 0 Å². The molecule has 2 N–H and O–H groups in total. The van der Waals surface area contributed by atoms with Gasteiger partial charge < -0.3 is 14.3 Å². The van der Waals surface area contributed by atoms with Gasteiger partial charge in [0.2, 0.25) is 5.82 Å². The Labute approximate surface area is 193 Å². The summed E-state index contributed by atoms with van der Waals surface area (Å²) in [5.41, 5.74) is 3.41. The molecule has 1 aromatic carbocycles. The Kier molecular flexibility index (Phi) is 7.02. The first kappa shape index (κ1) is 22.5. The van der Waals surface area contributed by atoms with Crippen LogP contribution in [0.2, 0.25) is 0 Å². The van der Waals surface area contributed by atoms with Crippen LogP contribution in [-0.2, 0) is 0 Å². The van der Waals surface area contributed by atoms with E-state index in [2.05, 4.69) is 50.9 Å². The summed E-state index contributed by atoms with van der Waals surface area (Å²) in [5.74, 6) is 1.09. The van der Waals surface area contributed by atoms with E-state index in [4.69, 9.17) is 4.74 Å². The Balaban J connectivity index is 1.66. The van der Waals surface area contributed by atoms with Crippen LogP contribution in [0.5, 0.6) is 5.75 Å². The number of benzene rings is 1. The van der Waals surface area contributed by atoms with Crippen molar-refractivity contribution in [1.82, 2.24) is 30.2 Å². The third-order valence-corrected chi connectivity index (χ3v) is 5.66. The van der Waals surface area contributed by atoms with Crippen LogP contribution in [0, 0.1) is 0 Å². The number of H-pyrrole nitrogens is 2. The van der Waals surface area contributed by atoms with E-state index in [0.717, 1.165) is 28.9 Å². The molecule has 0 radical (unpaired) electrons. The molecule has 0 fully saturated rings. The van der Waals surface area contributed by atoms with Crippen molar-refractivity contribution in [2.75, 3.05) is 6.61 Å². The minimum atomic E-state index is -0.266. The molecule has 0 atom stereocenters. The minimum Gasteiger partial charge on any atom is -0.494 e. The molecule has 0 saturated heterocycles. The van der Waals surface area contributed by atoms with Crippen LogP contribution in [0.15, 0.2) is 53.6 Å². The van der Waals surface area contributed by atoms with Crippen LogP contribution in [0.25, 0.3) is 33.8 Å². The number of tetrazole rings is 1. The van der Waals surface area contributed by atoms with Gasteiger partial charge in [-0.25, -0.2) is 0 Å². The standard InChI is InChI=1S/C25H30N6O2/c1-4-5-6-7-14-33-20-10-8-18(9-11-20)22-15-21(19-12-13-31(16-19)17(2)3)23(25(32)26-22)24-27-29-30-28-24/h8-13,15-17H,4-7,14H2,1-3H3,(H,26,32)(H,27,28,29,30). The van der Waals surface area contributed by atoms with Gasteiger partial charge in [-0.15, -0.1) is 10.2 Å². The van der Waals surface area contributed by atoms with Gasteiger partial charge in [0.25, 0.3) is 5.56 Å². The summed E-state index contributed by atoms with van der Waals surface area (Å²) in [5, 5.41) is 14.2. The summed E-state index contributed by atoms with van der Waals surface area (Å²) in [7, 11) is 0. The maximum Gasteiger partial charge on any atom is 0.260 e. The zero-order chi connectivity index (χ0) is 23.2. The Bertz CT molecular complexity index is 1220. The molecule has 3 aromatic heterocycles. The quantitative estimate of drug-likeness (QED) is 0.325. The summed E-state index contributed by atoms with van der Waals surface area (Å²) in [6.07, 6.45) is 8.72. The summed E-state index contributed by atoms with van der Waals surface area (Å²) in [4.78, 5) is 16.1. The lowest BCUT2D eigenvalue weighted by Gasteiger charge is -2.11. The molecule has 0 amide bonds. The first-order chi connectivity index (χ1) is 16.1. The number of nitrogens with zero attached hydrogens (tertiary/aromatic N) is 4. The molecular formula is C25H30N6O2. The number of aromatic nitrogens is 6. The highest BCUT2D eigenvalue weighted by atomic mass is 16.5. The number of aromatic amines is 2. The fourth-order valence-corrected chi connectivity index (χ4v) is 3.78. The van der Waals surface area contributed by atoms with E-state index < -0.39 is 0 Å². The van der Waals surface area contributed by atoms with Gasteiger partial charge in [0, 0.05) is 35.3 Å². The third kappa shape index (κ3) is 5.22. The second-order valence-corrected chi connectivity index (χ2v) is 8.41. The predicted octanol–water partition coefficient (Wildman–Crippen LogP) is 5.23. The molecule has 0 bridgehead atoms. The van der Waals surface area contributed by atoms with Crippen LogP contribution >= 0.6 is 0 Å². The Morgan fingerprint density at radius 2 is 1.88 bits per heavy atom. The summed E-state index contributed by atoms with van der Waals surface area (Å²) in [6.45, 7) is 7.14. The zero-order valence-corrected chi connectivity index (χ0v) is 19.3. The van der Waals surface area contributed by atoms with Crippen molar-refractivity contribution in [3.05, 3.63) is 59.1 Å². The number of ether oxygens (including phenoxy) is 1. The second-order valence-electron chi connectivity index (χ2n) is 8.41. The maximum absolute atomic E-state index is 13.1. The molecular weight excluding hydrogens is 416 g/mol. The lowest BCUT2D eigenvalue weighted by molar-refractivity contribution is 0.305. The molecule has 8 nitrogen and oxygen atoms in total. The fraction of sp³-hybridized carbons (Fsp3) is 0.360. The highest BCUT2D eigenvalue weighted by Crippen LogP contribution is 2.31. The average molecular weight is 447 g/mol. The van der Waals surface area contributed by atoms with Crippen molar-refractivity contribution in [1.29, 1.82) is 0 Å². The molecule has 172 valence electrons. The van der Waals surface area contributed by atoms with Crippen molar-refractivity contribution < 1.29 is 4.74 Å². The summed E-state index contributed by atoms with van der Waals surface area (Å²) in [6, 6.07) is 12.1. The molecule has 0 aliphatic rings. The fourth-order valence-electron chi connectivity index (χ4n) is 3.78. The predicted molar refractivity (Wildman–Crippen MR) is 129 cm³/mol. The first-order valence-electron chi connectivity index (χ1n) is 11.5. The average Bonchev–Trinajstić information content (AvgIpc) is 3.51. The molecule has 0 saturated carbocycles. The number of rotatable bonds is 10. The summed E-state index contributed by atoms with van der Waals surface area (Å²) < 4.78 is 7.95. The molecule has 0 aliphatic carbocycles. The highest BCUT2D eigenvalue weighted by molar-refractivity contribution is 5.82. The van der Waals surface area contributed by atoms with E-state index in [1.54, 1.807) is 0 Å². The number of nitrogens with one attached hydrogen (secondary N) is 2. The van der Waals surface area contributed by atoms with Crippen molar-refractivity contribution >= 4 is 0 Å². The normalized spacial score (nSPS) is 11.3. The van der Waals surface area contributed by atoms with E-state index >= 15 is 0 Å². The molecule has 8 heteroatoms. The number of pyridine rings is 1. The van der Waals surface area contributed by atoms with Gasteiger partial charge in [-0.05, 0) is 67.4 Å². The summed E-state index contributed by atoms with van der Waals surface area (Å²) >= 11 is 0. The molecule has 0 spiro atoms. The van der Waals surface area contributed by atoms with Gasteiger partial charge in [-0.3, -0.25) is 4.79 Å². The third-order valence-electron chi connectivity index (χ3n) is 5.66. The van der Waals surface area contributed by atoms with E-state index in [-0.39, 0.29) is 11.4 Å². The van der Waals surface area contributed by atoms with Gasteiger partial charge in [-0.1, -0.05) is 26.2 Å². The van der Waals surface area contributed by atoms with Crippen molar-refractivity contribution in [3.63, 3.8) is 0 Å². The van der Waals surface area contributed by atoms with E-state index in [0.29, 0.717) is 23.9 Å². The molecule has 3 heterocycles. The largest absolute Gasteiger partial charge is 0.494 e. The van der Waals surface area contributed by atoms with Gasteiger partial charge in [0.15, 0.2) is 0 Å². The van der Waals surface area contributed by atoms with Gasteiger partial charge in [0.05, 0.1) is 12.2 Å². The Morgan fingerprint density at radius 1 is 1.06 bits per heavy atom. The van der Waals surface area contributed by atoms with E-state index in [9.17, 15) is 4.79 Å². The molecule has 0 aliphatic heterocycles. The van der Waals surface area contributed by atoms with E-state index in [1.807, 2.05) is 48.8 Å². The van der Waals surface area contributed by atoms with Gasteiger partial charge in [-0.2, -0.15) is 5.21 Å². The maximum atomic E-state index is 13.1. The number of unbranched alkanes of at least 4 members (excludes halogenated alkanes) is 3. The monoisotopic (exact) mass is 446 g/mol. The highest BCUT2D eigenvalue weighted by Gasteiger charge is 2.19. The lowest BCUT2D eigenvalue weighted by Crippen LogP contribution is -2.12. The van der Waals surface area contributed by atoms with Crippen LogP contribution in [0.3, 0.4) is 0 Å². The molecule has 4 aromatic rings. The smallest absolute Gasteiger partial charge is 0.260 e. The van der Waals surface area contributed by atoms with Crippen molar-refractivity contribution in [2.24, 2.45) is 0 Å². The second kappa shape index (κ2) is 10.3. The minimum absolute atomic E-state index is 0.266. The van der Waals surface area contributed by atoms with Crippen LogP contribution in [-0.4, -0.2) is 36.8 Å². The Morgan fingerprint density at radius 3 is 2.55 bits per heavy atom. The van der Waals surface area contributed by atoms with Gasteiger partial charge >= 0.3 is 0 Å². The van der Waals surface area contributed by atoms with Crippen molar-refractivity contribution in [2.45, 2.75) is 52.5 Å². The first-order valence-corrected chi connectivity index (χ1v) is 11.5. The molecule has 0 unspecified atom stereocenters. The molecule has 4 rings (SSSR count). The number of hydrogen-bond donors (Lipinski definition) is 2. The van der Waals surface area contributed by atoms with Crippen molar-refractivity contribution in [3.8, 4) is 39.5 Å². The van der Waals surface area contributed by atoms with Gasteiger partial charge in [0.1, 0.15) is 5.75 Å². The topological polar surface area (TPSA) is 101 Å². The SMILES string of the molecule is CCCCCCOc1ccc(-c2cc(-c3ccn(C(C)C)c3)c(-c3nn[nH]n3)c(=O)[nH]2)cc1. The van der Waals surface area contributed by atoms with Crippen LogP contribution in [0.1, 0.15) is 52.5 Å². The number of hydrogen-bond acceptors (Lipinski definition) is 5.